The van der Waals surface area contributed by atoms with Crippen molar-refractivity contribution in [1.82, 2.24) is 0 Å². The zero-order valence-electron chi connectivity index (χ0n) is 8.99. The van der Waals surface area contributed by atoms with Gasteiger partial charge in [0.05, 0.1) is 11.5 Å². The first-order valence-electron chi connectivity index (χ1n) is 4.74. The SMILES string of the molecule is CCOC(=O)/C(=N/O)c1ccc([N+](=O)[O-])cc1. The van der Waals surface area contributed by atoms with Gasteiger partial charge < -0.3 is 9.94 Å². The summed E-state index contributed by atoms with van der Waals surface area (Å²) in [5.41, 5.74) is -0.159. The Labute approximate surface area is 96.5 Å². The van der Waals surface area contributed by atoms with E-state index in [0.29, 0.717) is 0 Å². The summed E-state index contributed by atoms with van der Waals surface area (Å²) in [7, 11) is 0. The molecule has 0 heterocycles. The number of nitro benzene ring substituents is 1. The number of non-ortho nitro benzene ring substituents is 1. The molecular weight excluding hydrogens is 228 g/mol. The van der Waals surface area contributed by atoms with Crippen LogP contribution >= 0.6 is 0 Å². The van der Waals surface area contributed by atoms with Gasteiger partial charge in [0.2, 0.25) is 0 Å². The van der Waals surface area contributed by atoms with E-state index in [4.69, 9.17) is 5.21 Å². The third-order valence-electron chi connectivity index (χ3n) is 1.92. The number of carbonyl (C=O) groups is 1. The Morgan fingerprint density at radius 2 is 2.06 bits per heavy atom. The molecule has 17 heavy (non-hydrogen) atoms. The Kier molecular flexibility index (Phi) is 4.15. The highest BCUT2D eigenvalue weighted by atomic mass is 16.6. The smallest absolute Gasteiger partial charge is 0.361 e. The topological polar surface area (TPSA) is 102 Å². The number of hydrogen-bond acceptors (Lipinski definition) is 6. The fourth-order valence-electron chi connectivity index (χ4n) is 1.16. The normalized spacial score (nSPS) is 11.0. The number of benzene rings is 1. The van der Waals surface area contributed by atoms with E-state index in [9.17, 15) is 14.9 Å². The first-order chi connectivity index (χ1) is 8.10. The fourth-order valence-corrected chi connectivity index (χ4v) is 1.16. The first kappa shape index (κ1) is 12.6. The molecule has 1 N–H and O–H groups in total. The molecule has 0 saturated carbocycles. The molecule has 0 unspecified atom stereocenters. The second-order valence-electron chi connectivity index (χ2n) is 2.97. The third-order valence-corrected chi connectivity index (χ3v) is 1.92. The minimum Gasteiger partial charge on any atom is -0.461 e. The average Bonchev–Trinajstić information content (AvgIpc) is 2.31. The van der Waals surface area contributed by atoms with Crippen LogP contribution in [0.15, 0.2) is 29.4 Å². The molecule has 1 aromatic carbocycles. The predicted molar refractivity (Wildman–Crippen MR) is 58.1 cm³/mol. The Balaban J connectivity index is 2.98. The van der Waals surface area contributed by atoms with Crippen molar-refractivity contribution in [2.45, 2.75) is 6.92 Å². The summed E-state index contributed by atoms with van der Waals surface area (Å²) in [5, 5.41) is 22.0. The van der Waals surface area contributed by atoms with Gasteiger partial charge >= 0.3 is 5.97 Å². The number of nitrogens with zero attached hydrogens (tertiary/aromatic N) is 2. The van der Waals surface area contributed by atoms with Gasteiger partial charge in [0, 0.05) is 17.7 Å². The molecule has 0 saturated heterocycles. The van der Waals surface area contributed by atoms with Gasteiger partial charge in [-0.05, 0) is 19.1 Å². The Hall–Kier alpha value is -2.44. The molecule has 1 rings (SSSR count). The highest BCUT2D eigenvalue weighted by molar-refractivity contribution is 6.43. The van der Waals surface area contributed by atoms with E-state index in [1.807, 2.05) is 0 Å². The van der Waals surface area contributed by atoms with Crippen LogP contribution < -0.4 is 0 Å². The molecule has 0 radical (unpaired) electrons. The summed E-state index contributed by atoms with van der Waals surface area (Å²) in [5.74, 6) is -0.788. The van der Waals surface area contributed by atoms with Crippen molar-refractivity contribution in [1.29, 1.82) is 0 Å². The van der Waals surface area contributed by atoms with Crippen LogP contribution in [0, 0.1) is 10.1 Å². The molecule has 0 aliphatic heterocycles. The molecule has 0 fully saturated rings. The summed E-state index contributed by atoms with van der Waals surface area (Å²) in [4.78, 5) is 21.2. The second kappa shape index (κ2) is 5.59. The lowest BCUT2D eigenvalue weighted by molar-refractivity contribution is -0.384. The van der Waals surface area contributed by atoms with Gasteiger partial charge in [-0.25, -0.2) is 4.79 Å². The van der Waals surface area contributed by atoms with E-state index < -0.39 is 10.9 Å². The number of ether oxygens (including phenoxy) is 1. The van der Waals surface area contributed by atoms with Crippen molar-refractivity contribution in [3.05, 3.63) is 39.9 Å². The highest BCUT2D eigenvalue weighted by Crippen LogP contribution is 2.13. The van der Waals surface area contributed by atoms with Crippen LogP contribution in [0.1, 0.15) is 12.5 Å². The van der Waals surface area contributed by atoms with Crippen molar-refractivity contribution >= 4 is 17.4 Å². The van der Waals surface area contributed by atoms with Crippen LogP contribution in [-0.2, 0) is 9.53 Å². The number of hydrogen-bond donors (Lipinski definition) is 1. The van der Waals surface area contributed by atoms with Gasteiger partial charge in [-0.1, -0.05) is 5.16 Å². The monoisotopic (exact) mass is 238 g/mol. The zero-order valence-corrected chi connectivity index (χ0v) is 8.99. The summed E-state index contributed by atoms with van der Waals surface area (Å²) in [6, 6.07) is 5.04. The van der Waals surface area contributed by atoms with Crippen LogP contribution in [0.3, 0.4) is 0 Å². The van der Waals surface area contributed by atoms with Crippen LogP contribution in [0.2, 0.25) is 0 Å². The fraction of sp³-hybridized carbons (Fsp3) is 0.200. The summed E-state index contributed by atoms with van der Waals surface area (Å²) < 4.78 is 4.66. The highest BCUT2D eigenvalue weighted by Gasteiger charge is 2.17. The number of oxime groups is 1. The van der Waals surface area contributed by atoms with Crippen molar-refractivity contribution < 1.29 is 19.7 Å². The number of nitro groups is 1. The minimum atomic E-state index is -0.788. The summed E-state index contributed by atoms with van der Waals surface area (Å²) in [6.07, 6.45) is 0. The number of rotatable bonds is 4. The van der Waals surface area contributed by atoms with E-state index in [1.165, 1.54) is 24.3 Å². The Bertz CT molecular complexity index is 452. The summed E-state index contributed by atoms with van der Waals surface area (Å²) in [6.45, 7) is 1.76. The quantitative estimate of drug-likeness (QED) is 0.280. The van der Waals surface area contributed by atoms with Crippen LogP contribution in [0.4, 0.5) is 5.69 Å². The third kappa shape index (κ3) is 3.00. The van der Waals surface area contributed by atoms with Gasteiger partial charge in [0.1, 0.15) is 0 Å². The van der Waals surface area contributed by atoms with Crippen LogP contribution in [0.25, 0.3) is 0 Å². The second-order valence-corrected chi connectivity index (χ2v) is 2.97. The van der Waals surface area contributed by atoms with E-state index in [-0.39, 0.29) is 23.6 Å². The maximum atomic E-state index is 11.3. The van der Waals surface area contributed by atoms with Gasteiger partial charge in [-0.2, -0.15) is 0 Å². The van der Waals surface area contributed by atoms with Gasteiger partial charge in [-0.3, -0.25) is 10.1 Å². The molecular formula is C10H10N2O5. The molecule has 7 nitrogen and oxygen atoms in total. The largest absolute Gasteiger partial charge is 0.461 e. The van der Waals surface area contributed by atoms with Gasteiger partial charge in [0.15, 0.2) is 5.71 Å². The van der Waals surface area contributed by atoms with Crippen LogP contribution in [0.5, 0.6) is 0 Å². The van der Waals surface area contributed by atoms with Gasteiger partial charge in [-0.15, -0.1) is 0 Å². The maximum absolute atomic E-state index is 11.3. The zero-order chi connectivity index (χ0) is 12.8. The molecule has 1 aromatic rings. The lowest BCUT2D eigenvalue weighted by Gasteiger charge is -2.03. The molecule has 0 aromatic heterocycles. The van der Waals surface area contributed by atoms with E-state index in [1.54, 1.807) is 6.92 Å². The molecule has 0 aliphatic carbocycles. The number of carbonyl (C=O) groups excluding carboxylic acids is 1. The standard InChI is InChI=1S/C10H10N2O5/c1-2-17-10(13)9(11-14)7-3-5-8(6-4-7)12(15)16/h3-6,14H,2H2,1H3/b11-9+. The maximum Gasteiger partial charge on any atom is 0.361 e. The van der Waals surface area contributed by atoms with E-state index in [0.717, 1.165) is 0 Å². The minimum absolute atomic E-state index is 0.116. The average molecular weight is 238 g/mol. The molecule has 0 amide bonds. The van der Waals surface area contributed by atoms with E-state index >= 15 is 0 Å². The van der Waals surface area contributed by atoms with Gasteiger partial charge in [0.25, 0.3) is 5.69 Å². The predicted octanol–water partition coefficient (Wildman–Crippen LogP) is 1.34. The molecule has 0 atom stereocenters. The molecule has 7 heteroatoms. The Morgan fingerprint density at radius 3 is 2.47 bits per heavy atom. The molecule has 0 bridgehead atoms. The number of esters is 1. The molecule has 0 spiro atoms. The molecule has 0 aliphatic rings. The van der Waals surface area contributed by atoms with Crippen LogP contribution in [-0.4, -0.2) is 28.4 Å². The van der Waals surface area contributed by atoms with Crippen molar-refractivity contribution in [3.63, 3.8) is 0 Å². The lowest BCUT2D eigenvalue weighted by atomic mass is 10.1. The Morgan fingerprint density at radius 1 is 1.47 bits per heavy atom. The van der Waals surface area contributed by atoms with Crippen molar-refractivity contribution in [2.75, 3.05) is 6.61 Å². The molecule has 90 valence electrons. The first-order valence-corrected chi connectivity index (χ1v) is 4.74. The van der Waals surface area contributed by atoms with Crippen molar-refractivity contribution in [2.24, 2.45) is 5.16 Å². The summed E-state index contributed by atoms with van der Waals surface area (Å²) >= 11 is 0. The lowest BCUT2D eigenvalue weighted by Crippen LogP contribution is -2.18. The van der Waals surface area contributed by atoms with E-state index in [2.05, 4.69) is 9.89 Å². The van der Waals surface area contributed by atoms with Crippen molar-refractivity contribution in [3.8, 4) is 0 Å².